The normalized spacial score (nSPS) is 13.1. The molecule has 1 atom stereocenters. The largest absolute Gasteiger partial charge is 0.356 e. The fraction of sp³-hybridized carbons (Fsp3) is 0.200. The van der Waals surface area contributed by atoms with E-state index in [9.17, 15) is 12.8 Å². The molecule has 3 nitrogen and oxygen atoms in total. The molecule has 0 aliphatic rings. The molecule has 21 heavy (non-hydrogen) atoms. The summed E-state index contributed by atoms with van der Waals surface area (Å²) in [7, 11) is -3.75. The molecule has 0 radical (unpaired) electrons. The summed E-state index contributed by atoms with van der Waals surface area (Å²) < 4.78 is 39.4. The maximum absolute atomic E-state index is 14.0. The van der Waals surface area contributed by atoms with Gasteiger partial charge in [0.1, 0.15) is 11.1 Å². The fourth-order valence-corrected chi connectivity index (χ4v) is 4.23. The lowest BCUT2D eigenvalue weighted by Crippen LogP contribution is -2.54. The van der Waals surface area contributed by atoms with Crippen LogP contribution in [-0.4, -0.2) is 15.0 Å². The van der Waals surface area contributed by atoms with Crippen molar-refractivity contribution in [2.24, 2.45) is 0 Å². The number of quaternary nitrogens is 1. The van der Waals surface area contributed by atoms with Gasteiger partial charge in [0.25, 0.3) is 0 Å². The van der Waals surface area contributed by atoms with Crippen LogP contribution >= 0.6 is 11.6 Å². The first-order chi connectivity index (χ1) is 9.87. The monoisotopic (exact) mass is 328 g/mol. The number of benzene rings is 2. The van der Waals surface area contributed by atoms with E-state index in [0.717, 1.165) is 5.56 Å². The highest BCUT2D eigenvalue weighted by Gasteiger charge is 2.33. The molecule has 0 aromatic heterocycles. The number of halogens is 2. The van der Waals surface area contributed by atoms with Crippen molar-refractivity contribution in [3.8, 4) is 0 Å². The van der Waals surface area contributed by atoms with Crippen molar-refractivity contribution >= 4 is 21.4 Å². The Morgan fingerprint density at radius 2 is 1.81 bits per heavy atom. The van der Waals surface area contributed by atoms with Gasteiger partial charge in [0.05, 0.1) is 11.4 Å². The Morgan fingerprint density at radius 1 is 1.19 bits per heavy atom. The summed E-state index contributed by atoms with van der Waals surface area (Å²) in [6.07, 6.45) is 0. The third-order valence-corrected chi connectivity index (χ3v) is 5.79. The zero-order valence-electron chi connectivity index (χ0n) is 11.5. The quantitative estimate of drug-likeness (QED) is 0.937. The van der Waals surface area contributed by atoms with Gasteiger partial charge in [-0.25, -0.2) is 12.8 Å². The molecule has 0 aliphatic heterocycles. The van der Waals surface area contributed by atoms with Crippen molar-refractivity contribution in [1.29, 1.82) is 0 Å². The highest BCUT2D eigenvalue weighted by atomic mass is 35.5. The van der Waals surface area contributed by atoms with Crippen LogP contribution in [0.3, 0.4) is 0 Å². The van der Waals surface area contributed by atoms with E-state index in [2.05, 4.69) is 5.73 Å². The summed E-state index contributed by atoms with van der Waals surface area (Å²) in [5, 5.41) is -1.01. The number of aryl methyl sites for hydroxylation is 1. The first-order valence-electron chi connectivity index (χ1n) is 6.41. The van der Waals surface area contributed by atoms with Crippen molar-refractivity contribution in [1.82, 2.24) is 0 Å². The lowest BCUT2D eigenvalue weighted by molar-refractivity contribution is -0.367. The van der Waals surface area contributed by atoms with E-state index in [-0.39, 0.29) is 22.0 Å². The van der Waals surface area contributed by atoms with Gasteiger partial charge in [0.2, 0.25) is 0 Å². The van der Waals surface area contributed by atoms with E-state index >= 15 is 0 Å². The van der Waals surface area contributed by atoms with Crippen molar-refractivity contribution in [3.63, 3.8) is 0 Å². The van der Waals surface area contributed by atoms with E-state index in [1.165, 1.54) is 30.3 Å². The maximum atomic E-state index is 14.0. The molecule has 3 N–H and O–H groups in total. The SMILES string of the molecule is Cc1ccc(S(=O)(=O)[C@H](C[NH3+])c2c(F)cccc2Cl)cc1. The molecule has 112 valence electrons. The van der Waals surface area contributed by atoms with Crippen LogP contribution in [0.2, 0.25) is 5.02 Å². The molecule has 0 spiro atoms. The minimum Gasteiger partial charge on any atom is -0.356 e. The molecule has 6 heteroatoms. The Bertz CT molecular complexity index is 725. The molecule has 0 heterocycles. The van der Waals surface area contributed by atoms with E-state index in [1.54, 1.807) is 12.1 Å². The molecule has 0 bridgehead atoms. The second-order valence-corrected chi connectivity index (χ2v) is 7.31. The Kier molecular flexibility index (Phi) is 4.66. The molecule has 0 saturated heterocycles. The third-order valence-electron chi connectivity index (χ3n) is 3.31. The maximum Gasteiger partial charge on any atom is 0.191 e. The number of hydrogen-bond acceptors (Lipinski definition) is 2. The van der Waals surface area contributed by atoms with Gasteiger partial charge in [-0.1, -0.05) is 35.4 Å². The standard InChI is InChI=1S/C15H15ClFNO2S/c1-10-5-7-11(8-6-10)21(19,20)14(9-18)15-12(16)3-2-4-13(15)17/h2-8,14H,9,18H2,1H3/p+1/t14-/m1/s1. The van der Waals surface area contributed by atoms with Crippen LogP contribution in [0.4, 0.5) is 4.39 Å². The fourth-order valence-electron chi connectivity index (χ4n) is 2.17. The Labute approximate surface area is 128 Å². The zero-order valence-corrected chi connectivity index (χ0v) is 13.1. The molecule has 0 fully saturated rings. The van der Waals surface area contributed by atoms with Crippen LogP contribution in [0, 0.1) is 12.7 Å². The van der Waals surface area contributed by atoms with Crippen LogP contribution in [0.15, 0.2) is 47.4 Å². The van der Waals surface area contributed by atoms with Crippen LogP contribution in [0.1, 0.15) is 16.4 Å². The number of sulfone groups is 1. The third kappa shape index (κ3) is 3.10. The van der Waals surface area contributed by atoms with Crippen molar-refractivity contribution < 1.29 is 18.5 Å². The molecule has 2 aromatic carbocycles. The minimum absolute atomic E-state index is 0.00311. The second kappa shape index (κ2) is 6.13. The molecule has 2 aromatic rings. The van der Waals surface area contributed by atoms with Crippen LogP contribution in [-0.2, 0) is 9.84 Å². The molecule has 2 rings (SSSR count). The topological polar surface area (TPSA) is 61.8 Å². The summed E-state index contributed by atoms with van der Waals surface area (Å²) in [6.45, 7) is 1.86. The average molecular weight is 329 g/mol. The van der Waals surface area contributed by atoms with Crippen LogP contribution in [0.5, 0.6) is 0 Å². The van der Waals surface area contributed by atoms with E-state index in [0.29, 0.717) is 0 Å². The first kappa shape index (κ1) is 15.9. The second-order valence-electron chi connectivity index (χ2n) is 4.77. The van der Waals surface area contributed by atoms with Gasteiger partial charge in [-0.05, 0) is 31.2 Å². The van der Waals surface area contributed by atoms with Gasteiger partial charge < -0.3 is 5.73 Å². The van der Waals surface area contributed by atoms with E-state index < -0.39 is 20.9 Å². The molecule has 0 saturated carbocycles. The summed E-state index contributed by atoms with van der Waals surface area (Å²) in [5.41, 5.74) is 4.58. The highest BCUT2D eigenvalue weighted by Crippen LogP contribution is 2.34. The zero-order chi connectivity index (χ0) is 15.6. The smallest absolute Gasteiger partial charge is 0.191 e. The van der Waals surface area contributed by atoms with Gasteiger partial charge in [-0.15, -0.1) is 0 Å². The van der Waals surface area contributed by atoms with Gasteiger partial charge >= 0.3 is 0 Å². The van der Waals surface area contributed by atoms with Crippen molar-refractivity contribution in [2.75, 3.05) is 6.54 Å². The lowest BCUT2D eigenvalue weighted by Gasteiger charge is -2.17. The molecular weight excluding hydrogens is 313 g/mol. The van der Waals surface area contributed by atoms with E-state index in [1.807, 2.05) is 6.92 Å². The molecule has 0 amide bonds. The predicted octanol–water partition coefficient (Wildman–Crippen LogP) is 2.54. The van der Waals surface area contributed by atoms with Crippen molar-refractivity contribution in [2.45, 2.75) is 17.1 Å². The minimum atomic E-state index is -3.75. The van der Waals surface area contributed by atoms with Gasteiger partial charge in [0, 0.05) is 10.6 Å². The lowest BCUT2D eigenvalue weighted by atomic mass is 10.1. The van der Waals surface area contributed by atoms with Crippen LogP contribution in [0.25, 0.3) is 0 Å². The molecule has 0 aliphatic carbocycles. The van der Waals surface area contributed by atoms with Gasteiger partial charge in [0.15, 0.2) is 9.84 Å². The summed E-state index contributed by atoms with van der Waals surface area (Å²) in [6, 6.07) is 10.6. The summed E-state index contributed by atoms with van der Waals surface area (Å²) in [5.74, 6) is -0.633. The summed E-state index contributed by atoms with van der Waals surface area (Å²) in [4.78, 5) is 0.140. The van der Waals surface area contributed by atoms with E-state index in [4.69, 9.17) is 11.6 Å². The number of hydrogen-bond donors (Lipinski definition) is 1. The average Bonchev–Trinajstić information content (AvgIpc) is 2.43. The van der Waals surface area contributed by atoms with Crippen molar-refractivity contribution in [3.05, 3.63) is 64.4 Å². The first-order valence-corrected chi connectivity index (χ1v) is 8.34. The summed E-state index contributed by atoms with van der Waals surface area (Å²) >= 11 is 5.99. The Morgan fingerprint density at radius 3 is 2.33 bits per heavy atom. The number of rotatable bonds is 4. The Hall–Kier alpha value is -1.43. The predicted molar refractivity (Wildman–Crippen MR) is 80.3 cm³/mol. The highest BCUT2D eigenvalue weighted by molar-refractivity contribution is 7.91. The molecular formula is C15H16ClFNO2S+. The van der Waals surface area contributed by atoms with Crippen LogP contribution < -0.4 is 5.73 Å². The van der Waals surface area contributed by atoms with Gasteiger partial charge in [-0.2, -0.15) is 0 Å². The van der Waals surface area contributed by atoms with Gasteiger partial charge in [-0.3, -0.25) is 0 Å². The molecule has 0 unspecified atom stereocenters. The Balaban J connectivity index is 2.57.